The molecular formula is C16H23NO6S. The Morgan fingerprint density at radius 3 is 2.75 bits per heavy atom. The molecule has 2 heterocycles. The minimum absolute atomic E-state index is 0.0221. The van der Waals surface area contributed by atoms with Gasteiger partial charge in [-0.05, 0) is 32.4 Å². The van der Waals surface area contributed by atoms with Gasteiger partial charge in [0.05, 0.1) is 24.2 Å². The van der Waals surface area contributed by atoms with Gasteiger partial charge < -0.3 is 14.1 Å². The first kappa shape index (κ1) is 18.5. The van der Waals surface area contributed by atoms with Crippen LogP contribution in [0.5, 0.6) is 0 Å². The lowest BCUT2D eigenvalue weighted by atomic mass is 10.2. The van der Waals surface area contributed by atoms with Gasteiger partial charge in [0, 0.05) is 19.0 Å². The van der Waals surface area contributed by atoms with E-state index in [1.807, 2.05) is 0 Å². The van der Waals surface area contributed by atoms with Gasteiger partial charge >= 0.3 is 5.97 Å². The van der Waals surface area contributed by atoms with Crippen molar-refractivity contribution >= 4 is 21.7 Å². The van der Waals surface area contributed by atoms with Crippen molar-refractivity contribution in [3.05, 3.63) is 24.2 Å². The minimum Gasteiger partial charge on any atom is -0.469 e. The lowest BCUT2D eigenvalue weighted by Gasteiger charge is -2.29. The van der Waals surface area contributed by atoms with Gasteiger partial charge in [-0.3, -0.25) is 9.59 Å². The molecule has 1 aromatic heterocycles. The number of carbonyl (C=O) groups excluding carboxylic acids is 2. The minimum atomic E-state index is -3.08. The molecule has 0 aliphatic carbocycles. The van der Waals surface area contributed by atoms with E-state index in [0.717, 1.165) is 0 Å². The molecule has 1 amide bonds. The van der Waals surface area contributed by atoms with Crippen LogP contribution in [-0.4, -0.2) is 55.4 Å². The van der Waals surface area contributed by atoms with Crippen LogP contribution in [0.1, 0.15) is 32.4 Å². The number of sulfone groups is 1. The predicted molar refractivity (Wildman–Crippen MR) is 87.0 cm³/mol. The first-order valence-corrected chi connectivity index (χ1v) is 9.87. The second-order valence-corrected chi connectivity index (χ2v) is 8.12. The van der Waals surface area contributed by atoms with Gasteiger partial charge in [0.1, 0.15) is 5.76 Å². The molecular weight excluding hydrogens is 334 g/mol. The van der Waals surface area contributed by atoms with Gasteiger partial charge in [-0.1, -0.05) is 0 Å². The Bertz CT molecular complexity index is 667. The summed E-state index contributed by atoms with van der Waals surface area (Å²) >= 11 is 0. The van der Waals surface area contributed by atoms with Crippen molar-refractivity contribution in [3.63, 3.8) is 0 Å². The number of ether oxygens (including phenoxy) is 1. The summed E-state index contributed by atoms with van der Waals surface area (Å²) in [4.78, 5) is 25.8. The average Bonchev–Trinajstić information content (AvgIpc) is 3.15. The van der Waals surface area contributed by atoms with Crippen LogP contribution in [0.4, 0.5) is 0 Å². The summed E-state index contributed by atoms with van der Waals surface area (Å²) in [6, 6.07) is 3.17. The summed E-state index contributed by atoms with van der Waals surface area (Å²) in [7, 11) is -3.08. The normalized spacial score (nSPS) is 20.5. The van der Waals surface area contributed by atoms with E-state index in [4.69, 9.17) is 9.15 Å². The molecule has 1 aliphatic rings. The van der Waals surface area contributed by atoms with Crippen LogP contribution in [0.25, 0.3) is 0 Å². The molecule has 0 radical (unpaired) electrons. The molecule has 0 aromatic carbocycles. The summed E-state index contributed by atoms with van der Waals surface area (Å²) in [5, 5.41) is 0. The molecule has 2 atom stereocenters. The molecule has 24 heavy (non-hydrogen) atoms. The molecule has 2 rings (SSSR count). The fourth-order valence-electron chi connectivity index (χ4n) is 2.84. The SMILES string of the molecule is CCN(C(=O)C(C)OC(=O)CCc1ccco1)C1CCS(=O)(=O)C1. The number of likely N-dealkylation sites (N-methyl/N-ethyl adjacent to an activating group) is 1. The van der Waals surface area contributed by atoms with Gasteiger partial charge in [0.25, 0.3) is 5.91 Å². The first-order valence-electron chi connectivity index (χ1n) is 8.05. The van der Waals surface area contributed by atoms with Crippen LogP contribution >= 0.6 is 0 Å². The van der Waals surface area contributed by atoms with Crippen LogP contribution in [0.2, 0.25) is 0 Å². The van der Waals surface area contributed by atoms with Gasteiger partial charge in [-0.2, -0.15) is 0 Å². The van der Waals surface area contributed by atoms with Gasteiger partial charge in [0.2, 0.25) is 0 Å². The van der Waals surface area contributed by atoms with E-state index in [1.54, 1.807) is 19.1 Å². The highest BCUT2D eigenvalue weighted by molar-refractivity contribution is 7.91. The number of nitrogens with zero attached hydrogens (tertiary/aromatic N) is 1. The van der Waals surface area contributed by atoms with Crippen molar-refractivity contribution in [2.45, 2.75) is 45.3 Å². The van der Waals surface area contributed by atoms with Gasteiger partial charge in [0.15, 0.2) is 15.9 Å². The van der Waals surface area contributed by atoms with E-state index >= 15 is 0 Å². The lowest BCUT2D eigenvalue weighted by molar-refractivity contribution is -0.160. The number of esters is 1. The topological polar surface area (TPSA) is 93.9 Å². The largest absolute Gasteiger partial charge is 0.469 e. The van der Waals surface area contributed by atoms with Crippen molar-refractivity contribution in [2.24, 2.45) is 0 Å². The van der Waals surface area contributed by atoms with E-state index in [9.17, 15) is 18.0 Å². The Labute approximate surface area is 141 Å². The van der Waals surface area contributed by atoms with E-state index in [2.05, 4.69) is 0 Å². The molecule has 8 heteroatoms. The highest BCUT2D eigenvalue weighted by Crippen LogP contribution is 2.19. The van der Waals surface area contributed by atoms with Crippen LogP contribution in [0.15, 0.2) is 22.8 Å². The summed E-state index contributed by atoms with van der Waals surface area (Å²) in [5.74, 6) is -0.0876. The molecule has 134 valence electrons. The molecule has 0 N–H and O–H groups in total. The van der Waals surface area contributed by atoms with E-state index < -0.39 is 21.9 Å². The summed E-state index contributed by atoms with van der Waals surface area (Å²) in [6.45, 7) is 3.68. The smallest absolute Gasteiger partial charge is 0.307 e. The van der Waals surface area contributed by atoms with Crippen molar-refractivity contribution in [1.82, 2.24) is 4.90 Å². The predicted octanol–water partition coefficient (Wildman–Crippen LogP) is 1.18. The monoisotopic (exact) mass is 357 g/mol. The molecule has 0 spiro atoms. The third-order valence-corrected chi connectivity index (χ3v) is 5.83. The van der Waals surface area contributed by atoms with Crippen molar-refractivity contribution in [1.29, 1.82) is 0 Å². The summed E-state index contributed by atoms with van der Waals surface area (Å²) < 4.78 is 33.5. The van der Waals surface area contributed by atoms with E-state index in [1.165, 1.54) is 18.1 Å². The Morgan fingerprint density at radius 2 is 2.21 bits per heavy atom. The Hall–Kier alpha value is -1.83. The maximum absolute atomic E-state index is 12.5. The quantitative estimate of drug-likeness (QED) is 0.680. The maximum Gasteiger partial charge on any atom is 0.307 e. The molecule has 7 nitrogen and oxygen atoms in total. The zero-order chi connectivity index (χ0) is 17.7. The van der Waals surface area contributed by atoms with E-state index in [0.29, 0.717) is 25.1 Å². The fraction of sp³-hybridized carbons (Fsp3) is 0.625. The molecule has 1 aromatic rings. The first-order chi connectivity index (χ1) is 11.3. The van der Waals surface area contributed by atoms with Crippen LogP contribution in [-0.2, 0) is 30.6 Å². The number of amides is 1. The fourth-order valence-corrected chi connectivity index (χ4v) is 4.57. The molecule has 1 aliphatic heterocycles. The summed E-state index contributed by atoms with van der Waals surface area (Å²) in [5.41, 5.74) is 0. The molecule has 1 fully saturated rings. The summed E-state index contributed by atoms with van der Waals surface area (Å²) in [6.07, 6.45) is 1.56. The number of hydrogen-bond donors (Lipinski definition) is 0. The average molecular weight is 357 g/mol. The number of aryl methyl sites for hydroxylation is 1. The molecule has 2 unspecified atom stereocenters. The number of hydrogen-bond acceptors (Lipinski definition) is 6. The zero-order valence-electron chi connectivity index (χ0n) is 13.9. The third kappa shape index (κ3) is 4.83. The second kappa shape index (κ2) is 7.83. The molecule has 0 saturated carbocycles. The maximum atomic E-state index is 12.5. The number of furan rings is 1. The standard InChI is InChI=1S/C16H23NO6S/c1-3-17(13-8-10-24(20,21)11-13)16(19)12(2)23-15(18)7-6-14-5-4-9-22-14/h4-5,9,12-13H,3,6-8,10-11H2,1-2H3. The van der Waals surface area contributed by atoms with Gasteiger partial charge in [-0.25, -0.2) is 8.42 Å². The number of carbonyl (C=O) groups is 2. The molecule has 1 saturated heterocycles. The van der Waals surface area contributed by atoms with Crippen molar-refractivity contribution < 1.29 is 27.2 Å². The van der Waals surface area contributed by atoms with Crippen molar-refractivity contribution in [3.8, 4) is 0 Å². The Morgan fingerprint density at radius 1 is 1.46 bits per heavy atom. The highest BCUT2D eigenvalue weighted by atomic mass is 32.2. The van der Waals surface area contributed by atoms with Crippen LogP contribution < -0.4 is 0 Å². The number of rotatable bonds is 7. The third-order valence-electron chi connectivity index (χ3n) is 4.08. The lowest BCUT2D eigenvalue weighted by Crippen LogP contribution is -2.46. The Balaban J connectivity index is 1.86. The highest BCUT2D eigenvalue weighted by Gasteiger charge is 2.36. The van der Waals surface area contributed by atoms with Gasteiger partial charge in [-0.15, -0.1) is 0 Å². The van der Waals surface area contributed by atoms with Crippen molar-refractivity contribution in [2.75, 3.05) is 18.1 Å². The molecule has 0 bridgehead atoms. The second-order valence-electron chi connectivity index (χ2n) is 5.89. The van der Waals surface area contributed by atoms with E-state index in [-0.39, 0.29) is 29.9 Å². The van der Waals surface area contributed by atoms with Crippen LogP contribution in [0, 0.1) is 0 Å². The Kier molecular flexibility index (Phi) is 6.04. The van der Waals surface area contributed by atoms with Crippen LogP contribution in [0.3, 0.4) is 0 Å². The zero-order valence-corrected chi connectivity index (χ0v) is 14.8.